The fraction of sp³-hybridized carbons (Fsp3) is 0.304. The number of aromatic nitrogens is 2. The van der Waals surface area contributed by atoms with Gasteiger partial charge in [0, 0.05) is 17.6 Å². The van der Waals surface area contributed by atoms with Crippen molar-refractivity contribution in [3.8, 4) is 0 Å². The van der Waals surface area contributed by atoms with Crippen LogP contribution in [0.1, 0.15) is 42.9 Å². The highest BCUT2D eigenvalue weighted by molar-refractivity contribution is 5.63. The van der Waals surface area contributed by atoms with Crippen LogP contribution in [0.5, 0.6) is 0 Å². The summed E-state index contributed by atoms with van der Waals surface area (Å²) in [6, 6.07) is 14.9. The van der Waals surface area contributed by atoms with Gasteiger partial charge in [0.25, 0.3) is 0 Å². The first-order chi connectivity index (χ1) is 14.3. The Bertz CT molecular complexity index is 969. The van der Waals surface area contributed by atoms with Crippen LogP contribution in [0, 0.1) is 6.92 Å². The summed E-state index contributed by atoms with van der Waals surface area (Å²) in [6.07, 6.45) is 0.595. The summed E-state index contributed by atoms with van der Waals surface area (Å²) in [5.74, 6) is -0.196. The lowest BCUT2D eigenvalue weighted by Gasteiger charge is -2.15. The normalized spacial score (nSPS) is 11.4. The molecule has 2 aromatic carbocycles. The van der Waals surface area contributed by atoms with Crippen molar-refractivity contribution >= 4 is 23.1 Å². The molecule has 0 atom stereocenters. The average molecular weight is 414 g/mol. The smallest absolute Gasteiger partial charge is 0.340 e. The Balaban J connectivity index is 1.82. The fourth-order valence-electron chi connectivity index (χ4n) is 3.07. The van der Waals surface area contributed by atoms with Gasteiger partial charge in [0.15, 0.2) is 0 Å². The second-order valence-electron chi connectivity index (χ2n) is 7.23. The lowest BCUT2D eigenvalue weighted by Crippen LogP contribution is -2.12. The third-order valence-electron chi connectivity index (χ3n) is 4.65. The van der Waals surface area contributed by atoms with E-state index < -0.39 is 11.7 Å². The van der Waals surface area contributed by atoms with Crippen LogP contribution in [0.3, 0.4) is 0 Å². The lowest BCUT2D eigenvalue weighted by molar-refractivity contribution is -0.137. The molecule has 0 fully saturated rings. The first kappa shape index (κ1) is 21.6. The highest BCUT2D eigenvalue weighted by atomic mass is 19.4. The molecule has 0 spiro atoms. The van der Waals surface area contributed by atoms with E-state index in [-0.39, 0.29) is 11.8 Å². The molecule has 0 bridgehead atoms. The number of hydrogen-bond donors (Lipinski definition) is 2. The Morgan fingerprint density at radius 2 is 1.70 bits per heavy atom. The molecule has 1 aromatic heterocycles. The van der Waals surface area contributed by atoms with Crippen molar-refractivity contribution in [1.82, 2.24) is 9.97 Å². The first-order valence-electron chi connectivity index (χ1n) is 9.99. The summed E-state index contributed by atoms with van der Waals surface area (Å²) in [5.41, 5.74) is 2.51. The molecule has 158 valence electrons. The van der Waals surface area contributed by atoms with E-state index in [4.69, 9.17) is 0 Å². The van der Waals surface area contributed by atoms with Gasteiger partial charge in [0.2, 0.25) is 5.95 Å². The number of nitrogens with one attached hydrogen (secondary N) is 2. The summed E-state index contributed by atoms with van der Waals surface area (Å²) < 4.78 is 40.4. The number of aryl methyl sites for hydroxylation is 2. The summed E-state index contributed by atoms with van der Waals surface area (Å²) >= 11 is 0. The van der Waals surface area contributed by atoms with Crippen LogP contribution >= 0.6 is 0 Å². The second kappa shape index (κ2) is 9.61. The van der Waals surface area contributed by atoms with E-state index in [2.05, 4.69) is 27.5 Å². The minimum absolute atomic E-state index is 0.0901. The maximum Gasteiger partial charge on any atom is 0.421 e. The SMILES string of the molecule is CCCCCc1ccc(Nc2nc(Nc3cccc(C)c3)ncc2C(F)(F)F)cc1. The molecular formula is C23H25F3N4. The summed E-state index contributed by atoms with van der Waals surface area (Å²) in [4.78, 5) is 7.94. The molecule has 4 nitrogen and oxygen atoms in total. The molecule has 0 aliphatic heterocycles. The monoisotopic (exact) mass is 414 g/mol. The highest BCUT2D eigenvalue weighted by Gasteiger charge is 2.35. The van der Waals surface area contributed by atoms with Gasteiger partial charge in [-0.2, -0.15) is 18.2 Å². The minimum Gasteiger partial charge on any atom is -0.340 e. The number of alkyl halides is 3. The molecule has 0 saturated carbocycles. The van der Waals surface area contributed by atoms with Gasteiger partial charge in [-0.1, -0.05) is 44.0 Å². The zero-order valence-corrected chi connectivity index (χ0v) is 17.1. The number of nitrogens with zero attached hydrogens (tertiary/aromatic N) is 2. The Morgan fingerprint density at radius 1 is 0.933 bits per heavy atom. The minimum atomic E-state index is -4.57. The fourth-order valence-corrected chi connectivity index (χ4v) is 3.07. The van der Waals surface area contributed by atoms with Gasteiger partial charge in [0.05, 0.1) is 0 Å². The Labute approximate surface area is 174 Å². The summed E-state index contributed by atoms with van der Waals surface area (Å²) in [7, 11) is 0. The van der Waals surface area contributed by atoms with Crippen LogP contribution in [0.25, 0.3) is 0 Å². The predicted octanol–water partition coefficient (Wildman–Crippen LogP) is 7.02. The van der Waals surface area contributed by atoms with Gasteiger partial charge < -0.3 is 10.6 Å². The number of hydrogen-bond acceptors (Lipinski definition) is 4. The van der Waals surface area contributed by atoms with E-state index in [0.717, 1.165) is 43.0 Å². The maximum atomic E-state index is 13.5. The molecule has 7 heteroatoms. The van der Waals surface area contributed by atoms with E-state index in [1.54, 1.807) is 18.2 Å². The molecular weight excluding hydrogens is 389 g/mol. The molecule has 2 N–H and O–H groups in total. The summed E-state index contributed by atoms with van der Waals surface area (Å²) in [6.45, 7) is 4.08. The molecule has 0 aliphatic rings. The topological polar surface area (TPSA) is 49.8 Å². The van der Waals surface area contributed by atoms with Gasteiger partial charge >= 0.3 is 6.18 Å². The van der Waals surface area contributed by atoms with Gasteiger partial charge in [-0.15, -0.1) is 0 Å². The first-order valence-corrected chi connectivity index (χ1v) is 9.99. The molecule has 0 aliphatic carbocycles. The molecule has 0 amide bonds. The molecule has 0 saturated heterocycles. The van der Waals surface area contributed by atoms with Crippen LogP contribution in [0.2, 0.25) is 0 Å². The van der Waals surface area contributed by atoms with E-state index in [0.29, 0.717) is 11.4 Å². The number of rotatable bonds is 8. The van der Waals surface area contributed by atoms with Gasteiger partial charge in [0.1, 0.15) is 11.4 Å². The number of unbranched alkanes of at least 4 members (excludes halogenated alkanes) is 2. The quantitative estimate of drug-likeness (QED) is 0.389. The third kappa shape index (κ3) is 5.95. The number of benzene rings is 2. The standard InChI is InChI=1S/C23H25F3N4/c1-3-4-5-8-17-10-12-18(13-11-17)28-21-20(23(24,25)26)15-27-22(30-21)29-19-9-6-7-16(2)14-19/h6-7,9-15H,3-5,8H2,1-2H3,(H2,27,28,29,30). The van der Waals surface area contributed by atoms with E-state index in [1.165, 1.54) is 0 Å². The molecule has 3 rings (SSSR count). The van der Waals surface area contributed by atoms with E-state index in [1.807, 2.05) is 37.3 Å². The maximum absolute atomic E-state index is 13.5. The van der Waals surface area contributed by atoms with Crippen molar-refractivity contribution in [2.75, 3.05) is 10.6 Å². The highest BCUT2D eigenvalue weighted by Crippen LogP contribution is 2.35. The van der Waals surface area contributed by atoms with Gasteiger partial charge in [-0.3, -0.25) is 0 Å². The zero-order valence-electron chi connectivity index (χ0n) is 17.1. The molecule has 3 aromatic rings. The summed E-state index contributed by atoms with van der Waals surface area (Å²) in [5, 5.41) is 5.76. The number of halogens is 3. The van der Waals surface area contributed by atoms with Crippen LogP contribution in [0.15, 0.2) is 54.7 Å². The van der Waals surface area contributed by atoms with Crippen LogP contribution in [-0.2, 0) is 12.6 Å². The van der Waals surface area contributed by atoms with Crippen molar-refractivity contribution in [2.45, 2.75) is 45.7 Å². The van der Waals surface area contributed by atoms with E-state index in [9.17, 15) is 13.2 Å². The number of anilines is 4. The van der Waals surface area contributed by atoms with E-state index >= 15 is 0 Å². The molecule has 0 unspecified atom stereocenters. The Kier molecular flexibility index (Phi) is 6.92. The van der Waals surface area contributed by atoms with Crippen molar-refractivity contribution in [3.05, 3.63) is 71.4 Å². The predicted molar refractivity (Wildman–Crippen MR) is 114 cm³/mol. The lowest BCUT2D eigenvalue weighted by atomic mass is 10.1. The zero-order chi connectivity index (χ0) is 21.6. The van der Waals surface area contributed by atoms with Crippen molar-refractivity contribution in [2.24, 2.45) is 0 Å². The second-order valence-corrected chi connectivity index (χ2v) is 7.23. The van der Waals surface area contributed by atoms with Gasteiger partial charge in [-0.05, 0) is 55.2 Å². The van der Waals surface area contributed by atoms with Crippen LogP contribution < -0.4 is 10.6 Å². The average Bonchev–Trinajstić information content (AvgIpc) is 2.69. The third-order valence-corrected chi connectivity index (χ3v) is 4.65. The van der Waals surface area contributed by atoms with Crippen molar-refractivity contribution in [3.63, 3.8) is 0 Å². The molecule has 30 heavy (non-hydrogen) atoms. The Hall–Kier alpha value is -3.09. The van der Waals surface area contributed by atoms with Crippen molar-refractivity contribution in [1.29, 1.82) is 0 Å². The van der Waals surface area contributed by atoms with Crippen molar-refractivity contribution < 1.29 is 13.2 Å². The molecule has 0 radical (unpaired) electrons. The van der Waals surface area contributed by atoms with Gasteiger partial charge in [-0.25, -0.2) is 4.98 Å². The van der Waals surface area contributed by atoms with Crippen LogP contribution in [0.4, 0.5) is 36.3 Å². The Morgan fingerprint density at radius 3 is 2.37 bits per heavy atom. The molecule has 1 heterocycles. The van der Waals surface area contributed by atoms with Crippen LogP contribution in [-0.4, -0.2) is 9.97 Å². The largest absolute Gasteiger partial charge is 0.421 e.